The van der Waals surface area contributed by atoms with Gasteiger partial charge in [-0.25, -0.2) is 4.79 Å². The number of methoxy groups -OCH3 is 1. The first-order valence-electron chi connectivity index (χ1n) is 8.19. The summed E-state index contributed by atoms with van der Waals surface area (Å²) in [6.45, 7) is 1.40. The highest BCUT2D eigenvalue weighted by atomic mass is 16.5. The van der Waals surface area contributed by atoms with Gasteiger partial charge in [-0.15, -0.1) is 0 Å². The molecule has 126 valence electrons. The highest BCUT2D eigenvalue weighted by Gasteiger charge is 2.24. The van der Waals surface area contributed by atoms with Gasteiger partial charge in [0.05, 0.1) is 12.7 Å². The Kier molecular flexibility index (Phi) is 4.99. The van der Waals surface area contributed by atoms with Crippen LogP contribution in [-0.2, 0) is 0 Å². The minimum absolute atomic E-state index is 0.0841. The van der Waals surface area contributed by atoms with Crippen LogP contribution in [0, 0.1) is 0 Å². The maximum atomic E-state index is 12.7. The quantitative estimate of drug-likeness (QED) is 0.869. The SMILES string of the molecule is COc1ccc(C2CCCCN(C(=O)c3ccc(=O)oc3)C2)cc1. The molecule has 1 aliphatic heterocycles. The summed E-state index contributed by atoms with van der Waals surface area (Å²) < 4.78 is 10.0. The normalized spacial score (nSPS) is 18.0. The van der Waals surface area contributed by atoms with Crippen molar-refractivity contribution in [3.8, 4) is 5.75 Å². The molecule has 5 heteroatoms. The Bertz CT molecular complexity index is 730. The largest absolute Gasteiger partial charge is 0.497 e. The van der Waals surface area contributed by atoms with Crippen molar-refractivity contribution in [1.82, 2.24) is 4.90 Å². The fourth-order valence-electron chi connectivity index (χ4n) is 3.14. The van der Waals surface area contributed by atoms with E-state index in [9.17, 15) is 9.59 Å². The fourth-order valence-corrected chi connectivity index (χ4v) is 3.14. The van der Waals surface area contributed by atoms with Crippen molar-refractivity contribution < 1.29 is 13.9 Å². The number of ether oxygens (including phenoxy) is 1. The molecule has 5 nitrogen and oxygen atoms in total. The molecule has 1 fully saturated rings. The predicted octanol–water partition coefficient (Wildman–Crippen LogP) is 3.06. The molecular weight excluding hydrogens is 306 g/mol. The van der Waals surface area contributed by atoms with E-state index in [0.717, 1.165) is 31.6 Å². The topological polar surface area (TPSA) is 59.8 Å². The number of benzene rings is 1. The molecule has 0 radical (unpaired) electrons. The molecule has 1 atom stereocenters. The van der Waals surface area contributed by atoms with Crippen LogP contribution in [0.15, 0.2) is 51.9 Å². The van der Waals surface area contributed by atoms with Gasteiger partial charge in [0, 0.05) is 25.1 Å². The Balaban J connectivity index is 1.77. The zero-order valence-corrected chi connectivity index (χ0v) is 13.7. The van der Waals surface area contributed by atoms with Crippen LogP contribution in [0.1, 0.15) is 41.1 Å². The molecule has 0 N–H and O–H groups in total. The second-order valence-electron chi connectivity index (χ2n) is 6.06. The molecule has 1 aromatic carbocycles. The average Bonchev–Trinajstić information content (AvgIpc) is 2.88. The Labute approximate surface area is 140 Å². The van der Waals surface area contributed by atoms with Crippen molar-refractivity contribution in [2.24, 2.45) is 0 Å². The lowest BCUT2D eigenvalue weighted by Crippen LogP contribution is -2.34. The lowest BCUT2D eigenvalue weighted by atomic mass is 9.94. The number of amides is 1. The number of likely N-dealkylation sites (tertiary alicyclic amines) is 1. The zero-order valence-electron chi connectivity index (χ0n) is 13.7. The standard InChI is InChI=1S/C19H21NO4/c1-23-17-8-5-14(6-9-17)15-4-2-3-11-20(12-15)19(22)16-7-10-18(21)24-13-16/h5-10,13,15H,2-4,11-12H2,1H3. The lowest BCUT2D eigenvalue weighted by Gasteiger charge is -2.24. The number of nitrogens with zero attached hydrogens (tertiary/aromatic N) is 1. The average molecular weight is 327 g/mol. The molecule has 2 heterocycles. The van der Waals surface area contributed by atoms with Gasteiger partial charge in [-0.1, -0.05) is 18.6 Å². The minimum atomic E-state index is -0.446. The molecule has 1 aromatic heterocycles. The Hall–Kier alpha value is -2.56. The van der Waals surface area contributed by atoms with Gasteiger partial charge in [-0.2, -0.15) is 0 Å². The first-order chi connectivity index (χ1) is 11.7. The summed E-state index contributed by atoms with van der Waals surface area (Å²) >= 11 is 0. The van der Waals surface area contributed by atoms with Crippen molar-refractivity contribution in [2.75, 3.05) is 20.2 Å². The second-order valence-corrected chi connectivity index (χ2v) is 6.06. The van der Waals surface area contributed by atoms with E-state index in [2.05, 4.69) is 12.1 Å². The minimum Gasteiger partial charge on any atom is -0.497 e. The molecule has 1 saturated heterocycles. The van der Waals surface area contributed by atoms with E-state index in [-0.39, 0.29) is 5.91 Å². The van der Waals surface area contributed by atoms with E-state index in [1.807, 2.05) is 17.0 Å². The number of hydrogen-bond acceptors (Lipinski definition) is 4. The molecule has 0 saturated carbocycles. The van der Waals surface area contributed by atoms with E-state index >= 15 is 0 Å². The van der Waals surface area contributed by atoms with Gasteiger partial charge in [0.1, 0.15) is 12.0 Å². The molecule has 1 aliphatic rings. The Morgan fingerprint density at radius 2 is 1.96 bits per heavy atom. The number of hydrogen-bond donors (Lipinski definition) is 0. The zero-order chi connectivity index (χ0) is 16.9. The summed E-state index contributed by atoms with van der Waals surface area (Å²) in [5, 5.41) is 0. The molecule has 0 aliphatic carbocycles. The molecule has 24 heavy (non-hydrogen) atoms. The second kappa shape index (κ2) is 7.34. The van der Waals surface area contributed by atoms with Crippen molar-refractivity contribution in [3.05, 3.63) is 64.2 Å². The molecule has 2 aromatic rings. The number of rotatable bonds is 3. The number of carbonyl (C=O) groups excluding carboxylic acids is 1. The van der Waals surface area contributed by atoms with Gasteiger partial charge in [-0.3, -0.25) is 4.79 Å². The summed E-state index contributed by atoms with van der Waals surface area (Å²) in [4.78, 5) is 25.6. The summed E-state index contributed by atoms with van der Waals surface area (Å²) in [7, 11) is 1.65. The fraction of sp³-hybridized carbons (Fsp3) is 0.368. The first kappa shape index (κ1) is 16.3. The molecule has 3 rings (SSSR count). The lowest BCUT2D eigenvalue weighted by molar-refractivity contribution is 0.0751. The molecule has 1 unspecified atom stereocenters. The predicted molar refractivity (Wildman–Crippen MR) is 90.5 cm³/mol. The summed E-state index contributed by atoms with van der Waals surface area (Å²) in [5.41, 5.74) is 1.19. The molecule has 0 spiro atoms. The summed E-state index contributed by atoms with van der Waals surface area (Å²) in [6.07, 6.45) is 4.37. The van der Waals surface area contributed by atoms with Crippen LogP contribution < -0.4 is 10.4 Å². The van der Waals surface area contributed by atoms with Gasteiger partial charge in [0.25, 0.3) is 5.91 Å². The smallest absolute Gasteiger partial charge is 0.335 e. The van der Waals surface area contributed by atoms with Gasteiger partial charge < -0.3 is 14.1 Å². The van der Waals surface area contributed by atoms with Crippen molar-refractivity contribution in [3.63, 3.8) is 0 Å². The highest BCUT2D eigenvalue weighted by molar-refractivity contribution is 5.93. The maximum absolute atomic E-state index is 12.7. The van der Waals surface area contributed by atoms with Gasteiger partial charge in [0.2, 0.25) is 0 Å². The van der Waals surface area contributed by atoms with Crippen LogP contribution in [0.2, 0.25) is 0 Å². The van der Waals surface area contributed by atoms with Crippen LogP contribution in [0.4, 0.5) is 0 Å². The molecular formula is C19H21NO4. The van der Waals surface area contributed by atoms with Crippen LogP contribution in [0.5, 0.6) is 5.75 Å². The Morgan fingerprint density at radius 1 is 1.17 bits per heavy atom. The van der Waals surface area contributed by atoms with E-state index in [0.29, 0.717) is 18.0 Å². The first-order valence-corrected chi connectivity index (χ1v) is 8.19. The van der Waals surface area contributed by atoms with Crippen molar-refractivity contribution >= 4 is 5.91 Å². The van der Waals surface area contributed by atoms with Gasteiger partial charge in [-0.05, 0) is 36.6 Å². The van der Waals surface area contributed by atoms with Crippen LogP contribution in [-0.4, -0.2) is 31.0 Å². The van der Waals surface area contributed by atoms with Crippen molar-refractivity contribution in [1.29, 1.82) is 0 Å². The van der Waals surface area contributed by atoms with Crippen LogP contribution in [0.25, 0.3) is 0 Å². The highest BCUT2D eigenvalue weighted by Crippen LogP contribution is 2.28. The number of carbonyl (C=O) groups is 1. The summed E-state index contributed by atoms with van der Waals surface area (Å²) in [6, 6.07) is 10.9. The maximum Gasteiger partial charge on any atom is 0.335 e. The third kappa shape index (κ3) is 3.67. The third-order valence-electron chi connectivity index (χ3n) is 4.49. The van der Waals surface area contributed by atoms with Crippen molar-refractivity contribution in [2.45, 2.75) is 25.2 Å². The molecule has 1 amide bonds. The Morgan fingerprint density at radius 3 is 2.62 bits per heavy atom. The monoisotopic (exact) mass is 327 g/mol. The van der Waals surface area contributed by atoms with Gasteiger partial charge in [0.15, 0.2) is 0 Å². The van der Waals surface area contributed by atoms with E-state index in [1.165, 1.54) is 24.0 Å². The van der Waals surface area contributed by atoms with Crippen LogP contribution in [0.3, 0.4) is 0 Å². The van der Waals surface area contributed by atoms with E-state index < -0.39 is 5.63 Å². The molecule has 0 bridgehead atoms. The van der Waals surface area contributed by atoms with E-state index in [1.54, 1.807) is 7.11 Å². The summed E-state index contributed by atoms with van der Waals surface area (Å²) in [5.74, 6) is 1.05. The van der Waals surface area contributed by atoms with E-state index in [4.69, 9.17) is 9.15 Å². The third-order valence-corrected chi connectivity index (χ3v) is 4.49. The van der Waals surface area contributed by atoms with Crippen LogP contribution >= 0.6 is 0 Å². The van der Waals surface area contributed by atoms with Gasteiger partial charge >= 0.3 is 5.63 Å².